The van der Waals surface area contributed by atoms with Crippen molar-refractivity contribution in [3.05, 3.63) is 27.2 Å². The van der Waals surface area contributed by atoms with E-state index in [1.807, 2.05) is 6.92 Å². The Bertz CT molecular complexity index is 670. The van der Waals surface area contributed by atoms with Gasteiger partial charge in [-0.2, -0.15) is 0 Å². The van der Waals surface area contributed by atoms with Crippen LogP contribution in [0.4, 0.5) is 0 Å². The topological polar surface area (TPSA) is 72.7 Å². The molecule has 0 spiro atoms. The molecule has 106 valence electrons. The number of rotatable bonds is 4. The average molecular weight is 378 g/mol. The third-order valence-corrected chi connectivity index (χ3v) is 3.28. The molecule has 0 aliphatic rings. The fourth-order valence-electron chi connectivity index (χ4n) is 2.18. The number of nitrogens with zero attached hydrogens (tertiary/aromatic N) is 3. The molecule has 2 heterocycles. The van der Waals surface area contributed by atoms with Gasteiger partial charge in [-0.05, 0) is 13.3 Å². The SMILES string of the molecule is CCCCC(C)n1c(=O)c2[nH]cnc2n(C)c1=O.I. The smallest absolute Gasteiger partial charge is 0.332 e. The van der Waals surface area contributed by atoms with Crippen molar-refractivity contribution in [3.63, 3.8) is 0 Å². The second-order valence-electron chi connectivity index (χ2n) is 4.61. The Balaban J connectivity index is 0.00000180. The number of H-pyrrole nitrogens is 1. The van der Waals surface area contributed by atoms with E-state index in [0.29, 0.717) is 11.2 Å². The molecular weight excluding hydrogens is 359 g/mol. The van der Waals surface area contributed by atoms with Crippen molar-refractivity contribution in [2.24, 2.45) is 7.05 Å². The van der Waals surface area contributed by atoms with Gasteiger partial charge in [-0.1, -0.05) is 19.8 Å². The van der Waals surface area contributed by atoms with Crippen molar-refractivity contribution in [2.45, 2.75) is 39.2 Å². The fourth-order valence-corrected chi connectivity index (χ4v) is 2.18. The van der Waals surface area contributed by atoms with E-state index < -0.39 is 0 Å². The largest absolute Gasteiger partial charge is 0.339 e. The van der Waals surface area contributed by atoms with E-state index >= 15 is 0 Å². The first-order valence-electron chi connectivity index (χ1n) is 6.22. The number of hydrogen-bond acceptors (Lipinski definition) is 3. The Morgan fingerprint density at radius 1 is 1.42 bits per heavy atom. The lowest BCUT2D eigenvalue weighted by atomic mass is 10.1. The van der Waals surface area contributed by atoms with Crippen LogP contribution < -0.4 is 11.2 Å². The molecule has 1 unspecified atom stereocenters. The molecule has 0 aliphatic heterocycles. The minimum absolute atomic E-state index is 0. The van der Waals surface area contributed by atoms with Gasteiger partial charge in [-0.3, -0.25) is 13.9 Å². The summed E-state index contributed by atoms with van der Waals surface area (Å²) < 4.78 is 2.73. The van der Waals surface area contributed by atoms with Gasteiger partial charge in [-0.15, -0.1) is 24.0 Å². The number of hydrogen-bond donors (Lipinski definition) is 1. The number of imidazole rings is 1. The van der Waals surface area contributed by atoms with Gasteiger partial charge in [0.1, 0.15) is 5.52 Å². The summed E-state index contributed by atoms with van der Waals surface area (Å²) in [6.45, 7) is 3.99. The van der Waals surface area contributed by atoms with E-state index in [0.717, 1.165) is 19.3 Å². The van der Waals surface area contributed by atoms with Crippen LogP contribution in [0.1, 0.15) is 39.2 Å². The summed E-state index contributed by atoms with van der Waals surface area (Å²) in [5.74, 6) is 0. The van der Waals surface area contributed by atoms with Gasteiger partial charge in [0.15, 0.2) is 5.65 Å². The third kappa shape index (κ3) is 2.75. The van der Waals surface area contributed by atoms with Crippen molar-refractivity contribution >= 4 is 35.1 Å². The lowest BCUT2D eigenvalue weighted by Gasteiger charge is -2.14. The van der Waals surface area contributed by atoms with Gasteiger partial charge in [0, 0.05) is 13.1 Å². The molecule has 6 nitrogen and oxygen atoms in total. The maximum absolute atomic E-state index is 12.2. The fraction of sp³-hybridized carbons (Fsp3) is 0.583. The molecule has 2 aromatic rings. The van der Waals surface area contributed by atoms with Crippen molar-refractivity contribution in [3.8, 4) is 0 Å². The molecule has 2 rings (SSSR count). The van der Waals surface area contributed by atoms with E-state index in [1.54, 1.807) is 7.05 Å². The molecule has 19 heavy (non-hydrogen) atoms. The van der Waals surface area contributed by atoms with Gasteiger partial charge in [0.25, 0.3) is 5.56 Å². The van der Waals surface area contributed by atoms with Crippen LogP contribution in [0.25, 0.3) is 11.2 Å². The van der Waals surface area contributed by atoms with Gasteiger partial charge in [0.2, 0.25) is 0 Å². The molecule has 1 atom stereocenters. The molecule has 2 aromatic heterocycles. The van der Waals surface area contributed by atoms with Crippen LogP contribution >= 0.6 is 24.0 Å². The number of aryl methyl sites for hydroxylation is 1. The first-order chi connectivity index (χ1) is 8.57. The van der Waals surface area contributed by atoms with Crippen LogP contribution in [0.15, 0.2) is 15.9 Å². The molecule has 0 saturated carbocycles. The molecule has 0 bridgehead atoms. The molecule has 0 aliphatic carbocycles. The van der Waals surface area contributed by atoms with E-state index in [4.69, 9.17) is 0 Å². The van der Waals surface area contributed by atoms with E-state index in [1.165, 1.54) is 15.5 Å². The number of halogens is 1. The normalized spacial score (nSPS) is 12.4. The molecular formula is C12H19IN4O2. The summed E-state index contributed by atoms with van der Waals surface area (Å²) >= 11 is 0. The Morgan fingerprint density at radius 2 is 2.11 bits per heavy atom. The van der Waals surface area contributed by atoms with Crippen molar-refractivity contribution in [1.82, 2.24) is 19.1 Å². The first-order valence-corrected chi connectivity index (χ1v) is 6.22. The van der Waals surface area contributed by atoms with Crippen LogP contribution in [-0.4, -0.2) is 19.1 Å². The highest BCUT2D eigenvalue weighted by Gasteiger charge is 2.16. The average Bonchev–Trinajstić information content (AvgIpc) is 2.83. The minimum Gasteiger partial charge on any atom is -0.339 e. The van der Waals surface area contributed by atoms with Crippen molar-refractivity contribution < 1.29 is 0 Å². The monoisotopic (exact) mass is 378 g/mol. The lowest BCUT2D eigenvalue weighted by Crippen LogP contribution is -2.40. The summed E-state index contributed by atoms with van der Waals surface area (Å²) in [6, 6.07) is -0.0937. The number of unbranched alkanes of at least 4 members (excludes halogenated alkanes) is 1. The molecule has 1 N–H and O–H groups in total. The molecule has 0 saturated heterocycles. The highest BCUT2D eigenvalue weighted by molar-refractivity contribution is 14.0. The lowest BCUT2D eigenvalue weighted by molar-refractivity contribution is 0.447. The summed E-state index contributed by atoms with van der Waals surface area (Å²) in [6.07, 6.45) is 4.31. The van der Waals surface area contributed by atoms with Crippen LogP contribution in [-0.2, 0) is 7.05 Å². The summed E-state index contributed by atoms with van der Waals surface area (Å²) in [5, 5.41) is 0. The summed E-state index contributed by atoms with van der Waals surface area (Å²) in [5.41, 5.74) is 0.210. The van der Waals surface area contributed by atoms with E-state index in [9.17, 15) is 9.59 Å². The predicted molar refractivity (Wildman–Crippen MR) is 85.2 cm³/mol. The summed E-state index contributed by atoms with van der Waals surface area (Å²) in [7, 11) is 1.63. The second kappa shape index (κ2) is 6.36. The summed E-state index contributed by atoms with van der Waals surface area (Å²) in [4.78, 5) is 31.2. The van der Waals surface area contributed by atoms with Crippen LogP contribution in [0.3, 0.4) is 0 Å². The van der Waals surface area contributed by atoms with E-state index in [2.05, 4.69) is 16.9 Å². The Kier molecular flexibility index (Phi) is 5.33. The number of fused-ring (bicyclic) bond motifs is 1. The van der Waals surface area contributed by atoms with Gasteiger partial charge in [0.05, 0.1) is 6.33 Å². The number of aromatic nitrogens is 4. The predicted octanol–water partition coefficient (Wildman–Crippen LogP) is 1.79. The maximum atomic E-state index is 12.2. The number of nitrogens with one attached hydrogen (secondary N) is 1. The van der Waals surface area contributed by atoms with Gasteiger partial charge in [-0.25, -0.2) is 9.78 Å². The molecule has 0 aromatic carbocycles. The maximum Gasteiger partial charge on any atom is 0.332 e. The third-order valence-electron chi connectivity index (χ3n) is 3.28. The van der Waals surface area contributed by atoms with Crippen molar-refractivity contribution in [1.29, 1.82) is 0 Å². The molecule has 7 heteroatoms. The highest BCUT2D eigenvalue weighted by atomic mass is 127. The Morgan fingerprint density at radius 3 is 2.74 bits per heavy atom. The number of aromatic amines is 1. The second-order valence-corrected chi connectivity index (χ2v) is 4.61. The quantitative estimate of drug-likeness (QED) is 0.825. The van der Waals surface area contributed by atoms with E-state index in [-0.39, 0.29) is 41.3 Å². The highest BCUT2D eigenvalue weighted by Crippen LogP contribution is 2.11. The van der Waals surface area contributed by atoms with Crippen molar-refractivity contribution in [2.75, 3.05) is 0 Å². The van der Waals surface area contributed by atoms with Crippen LogP contribution in [0.5, 0.6) is 0 Å². The Hall–Kier alpha value is -1.12. The first kappa shape index (κ1) is 15.9. The zero-order valence-corrected chi connectivity index (χ0v) is 13.7. The van der Waals surface area contributed by atoms with Gasteiger partial charge < -0.3 is 4.98 Å². The van der Waals surface area contributed by atoms with Gasteiger partial charge >= 0.3 is 5.69 Å². The minimum atomic E-state index is -0.303. The molecule has 0 amide bonds. The zero-order valence-electron chi connectivity index (χ0n) is 11.3. The zero-order chi connectivity index (χ0) is 13.3. The van der Waals surface area contributed by atoms with Crippen LogP contribution in [0, 0.1) is 0 Å². The Labute approximate surface area is 127 Å². The van der Waals surface area contributed by atoms with Crippen LogP contribution in [0.2, 0.25) is 0 Å². The molecule has 0 fully saturated rings. The molecule has 0 radical (unpaired) electrons. The standard InChI is InChI=1S/C12H18N4O2.HI/c1-4-5-6-8(2)16-11(17)9-10(14-7-13-9)15(3)12(16)18;/h7-8H,4-6H2,1-3H3,(H,13,14);1H.